The number of nitrogen functional groups attached to an aromatic ring is 1. The van der Waals surface area contributed by atoms with Crippen LogP contribution >= 0.6 is 11.3 Å². The Bertz CT molecular complexity index is 1010. The molecule has 140 valence electrons. The molecule has 1 aliphatic rings. The highest BCUT2D eigenvalue weighted by molar-refractivity contribution is 7.21. The molecular weight excluding hydrogens is 354 g/mol. The number of hydrogen-bond acceptors (Lipinski definition) is 4. The lowest BCUT2D eigenvalue weighted by Gasteiger charge is -2.22. The third-order valence-corrected chi connectivity index (χ3v) is 6.68. The number of nitrogens with zero attached hydrogens (tertiary/aromatic N) is 1. The molecule has 4 rings (SSSR count). The molecule has 1 amide bonds. The lowest BCUT2D eigenvalue weighted by Crippen LogP contribution is -2.14. The number of carbonyl (C=O) groups excluding carboxylic acids is 1. The van der Waals surface area contributed by atoms with Gasteiger partial charge < -0.3 is 11.1 Å². The second-order valence-electron chi connectivity index (χ2n) is 7.32. The third kappa shape index (κ3) is 3.44. The van der Waals surface area contributed by atoms with Crippen molar-refractivity contribution in [2.45, 2.75) is 46.0 Å². The molecule has 2 aromatic heterocycles. The number of nitrogens with one attached hydrogen (secondary N) is 1. The van der Waals surface area contributed by atoms with E-state index in [1.54, 1.807) is 0 Å². The van der Waals surface area contributed by atoms with Crippen molar-refractivity contribution in [1.82, 2.24) is 4.98 Å². The van der Waals surface area contributed by atoms with Crippen LogP contribution in [0.1, 0.15) is 53.2 Å². The summed E-state index contributed by atoms with van der Waals surface area (Å²) in [4.78, 5) is 19.1. The number of pyridine rings is 1. The minimum atomic E-state index is -0.159. The smallest absolute Gasteiger partial charge is 0.267 e. The largest absolute Gasteiger partial charge is 0.397 e. The maximum atomic E-state index is 12.8. The minimum Gasteiger partial charge on any atom is -0.397 e. The van der Waals surface area contributed by atoms with Gasteiger partial charge in [-0.15, -0.1) is 11.3 Å². The summed E-state index contributed by atoms with van der Waals surface area (Å²) in [5.74, 6) is 0.568. The number of anilines is 2. The van der Waals surface area contributed by atoms with Crippen molar-refractivity contribution >= 4 is 38.8 Å². The van der Waals surface area contributed by atoms with Crippen LogP contribution in [0.3, 0.4) is 0 Å². The van der Waals surface area contributed by atoms with E-state index in [-0.39, 0.29) is 5.91 Å². The molecule has 0 bridgehead atoms. The lowest BCUT2D eigenvalue weighted by molar-refractivity contribution is 0.103. The minimum absolute atomic E-state index is 0.159. The van der Waals surface area contributed by atoms with E-state index < -0.39 is 0 Å². The van der Waals surface area contributed by atoms with Gasteiger partial charge in [-0.1, -0.05) is 32.4 Å². The Morgan fingerprint density at radius 2 is 2.19 bits per heavy atom. The van der Waals surface area contributed by atoms with Crippen LogP contribution in [-0.2, 0) is 19.3 Å². The number of aryl methyl sites for hydroxylation is 2. The van der Waals surface area contributed by atoms with Crippen molar-refractivity contribution in [3.63, 3.8) is 0 Å². The van der Waals surface area contributed by atoms with E-state index >= 15 is 0 Å². The maximum absolute atomic E-state index is 12.8. The fourth-order valence-electron chi connectivity index (χ4n) is 3.84. The number of rotatable bonds is 4. The first-order valence-corrected chi connectivity index (χ1v) is 10.5. The van der Waals surface area contributed by atoms with Crippen LogP contribution in [0.4, 0.5) is 11.4 Å². The zero-order valence-corrected chi connectivity index (χ0v) is 16.7. The zero-order chi connectivity index (χ0) is 19.0. The van der Waals surface area contributed by atoms with Gasteiger partial charge in [-0.3, -0.25) is 4.79 Å². The van der Waals surface area contributed by atoms with E-state index in [4.69, 9.17) is 10.7 Å². The molecule has 0 spiro atoms. The topological polar surface area (TPSA) is 68.0 Å². The van der Waals surface area contributed by atoms with Gasteiger partial charge in [0.15, 0.2) is 0 Å². The molecule has 0 radical (unpaired) electrons. The van der Waals surface area contributed by atoms with Gasteiger partial charge in [0.05, 0.1) is 5.69 Å². The summed E-state index contributed by atoms with van der Waals surface area (Å²) in [6, 6.07) is 10.1. The molecule has 27 heavy (non-hydrogen) atoms. The number of hydrogen-bond donors (Lipinski definition) is 2. The lowest BCUT2D eigenvalue weighted by atomic mass is 9.85. The maximum Gasteiger partial charge on any atom is 0.267 e. The van der Waals surface area contributed by atoms with E-state index in [1.807, 2.05) is 18.2 Å². The number of fused-ring (bicyclic) bond motifs is 2. The van der Waals surface area contributed by atoms with Crippen molar-refractivity contribution in [3.8, 4) is 0 Å². The third-order valence-electron chi connectivity index (χ3n) is 5.56. The average molecular weight is 380 g/mol. The Morgan fingerprint density at radius 1 is 1.33 bits per heavy atom. The number of amides is 1. The van der Waals surface area contributed by atoms with Crippen LogP contribution in [0.15, 0.2) is 30.3 Å². The first kappa shape index (κ1) is 18.0. The van der Waals surface area contributed by atoms with Crippen LogP contribution in [-0.4, -0.2) is 10.9 Å². The zero-order valence-electron chi connectivity index (χ0n) is 15.8. The summed E-state index contributed by atoms with van der Waals surface area (Å²) in [6.07, 6.45) is 5.41. The number of benzene rings is 1. The molecule has 1 aliphatic carbocycles. The standard InChI is InChI=1S/C22H25N3OS/c1-3-13-6-5-7-16(11-13)24-21(26)20-19(23)17-12-15-10-14(4-2)8-9-18(15)25-22(17)27-20/h5-7,11-12,14H,3-4,8-10,23H2,1-2H3,(H,24,26). The van der Waals surface area contributed by atoms with E-state index in [0.717, 1.165) is 41.1 Å². The Kier molecular flexibility index (Phi) is 4.87. The van der Waals surface area contributed by atoms with E-state index in [9.17, 15) is 4.79 Å². The number of nitrogens with two attached hydrogens (primary N) is 1. The predicted octanol–water partition coefficient (Wildman–Crippen LogP) is 5.21. The molecule has 5 heteroatoms. The molecule has 1 atom stereocenters. The van der Waals surface area contributed by atoms with Crippen molar-refractivity contribution in [3.05, 3.63) is 52.0 Å². The van der Waals surface area contributed by atoms with Gasteiger partial charge in [-0.05, 0) is 60.9 Å². The Labute approximate surface area is 163 Å². The summed E-state index contributed by atoms with van der Waals surface area (Å²) in [5.41, 5.74) is 11.4. The highest BCUT2D eigenvalue weighted by Crippen LogP contribution is 2.37. The fourth-order valence-corrected chi connectivity index (χ4v) is 4.83. The number of thiophene rings is 1. The van der Waals surface area contributed by atoms with E-state index in [0.29, 0.717) is 10.6 Å². The summed E-state index contributed by atoms with van der Waals surface area (Å²) in [5, 5.41) is 3.90. The van der Waals surface area contributed by atoms with Crippen molar-refractivity contribution < 1.29 is 4.79 Å². The van der Waals surface area contributed by atoms with Crippen LogP contribution in [0.2, 0.25) is 0 Å². The van der Waals surface area contributed by atoms with Crippen LogP contribution in [0, 0.1) is 5.92 Å². The summed E-state index contributed by atoms with van der Waals surface area (Å²) in [7, 11) is 0. The van der Waals surface area contributed by atoms with E-state index in [1.165, 1.54) is 41.0 Å². The van der Waals surface area contributed by atoms with Gasteiger partial charge in [0.1, 0.15) is 9.71 Å². The first-order chi connectivity index (χ1) is 13.1. The fraction of sp³-hybridized carbons (Fsp3) is 0.364. The molecular formula is C22H25N3OS. The quantitative estimate of drug-likeness (QED) is 0.654. The molecule has 0 saturated carbocycles. The second kappa shape index (κ2) is 7.31. The molecule has 0 fully saturated rings. The average Bonchev–Trinajstić information content (AvgIpc) is 3.01. The van der Waals surface area contributed by atoms with Gasteiger partial charge in [-0.25, -0.2) is 4.98 Å². The van der Waals surface area contributed by atoms with Crippen LogP contribution in [0.5, 0.6) is 0 Å². The second-order valence-corrected chi connectivity index (χ2v) is 8.32. The molecule has 2 heterocycles. The van der Waals surface area contributed by atoms with Gasteiger partial charge in [0.2, 0.25) is 0 Å². The molecule has 1 aromatic carbocycles. The van der Waals surface area contributed by atoms with Crippen molar-refractivity contribution in [1.29, 1.82) is 0 Å². The summed E-state index contributed by atoms with van der Waals surface area (Å²) >= 11 is 1.39. The van der Waals surface area contributed by atoms with Crippen molar-refractivity contribution in [2.75, 3.05) is 11.1 Å². The van der Waals surface area contributed by atoms with Gasteiger partial charge in [0.25, 0.3) is 5.91 Å². The molecule has 0 saturated heterocycles. The predicted molar refractivity (Wildman–Crippen MR) is 114 cm³/mol. The highest BCUT2D eigenvalue weighted by Gasteiger charge is 2.23. The molecule has 1 unspecified atom stereocenters. The molecule has 0 aliphatic heterocycles. The molecule has 3 aromatic rings. The summed E-state index contributed by atoms with van der Waals surface area (Å²) in [6.45, 7) is 4.35. The SMILES string of the molecule is CCc1cccc(NC(=O)c2sc3nc4c(cc3c2N)CC(CC)CC4)c1. The van der Waals surface area contributed by atoms with Gasteiger partial charge in [-0.2, -0.15) is 0 Å². The van der Waals surface area contributed by atoms with E-state index in [2.05, 4.69) is 31.3 Å². The highest BCUT2D eigenvalue weighted by atomic mass is 32.1. The Morgan fingerprint density at radius 3 is 2.96 bits per heavy atom. The van der Waals surface area contributed by atoms with Crippen molar-refractivity contribution in [2.24, 2.45) is 5.92 Å². The molecule has 3 N–H and O–H groups in total. The number of carbonyl (C=O) groups is 1. The Balaban J connectivity index is 1.66. The normalized spacial score (nSPS) is 16.3. The first-order valence-electron chi connectivity index (χ1n) is 9.70. The Hall–Kier alpha value is -2.40. The van der Waals surface area contributed by atoms with Crippen LogP contribution in [0.25, 0.3) is 10.2 Å². The monoisotopic (exact) mass is 379 g/mol. The van der Waals surface area contributed by atoms with Crippen LogP contribution < -0.4 is 11.1 Å². The van der Waals surface area contributed by atoms with Gasteiger partial charge in [0, 0.05) is 16.8 Å². The van der Waals surface area contributed by atoms with Gasteiger partial charge >= 0.3 is 0 Å². The molecule has 4 nitrogen and oxygen atoms in total. The summed E-state index contributed by atoms with van der Waals surface area (Å²) < 4.78 is 0. The number of aromatic nitrogens is 1.